The minimum atomic E-state index is -0.382. The van der Waals surface area contributed by atoms with Gasteiger partial charge in [0.15, 0.2) is 0 Å². The first-order valence-corrected chi connectivity index (χ1v) is 6.81. The third kappa shape index (κ3) is 4.33. The first-order chi connectivity index (χ1) is 9.06. The van der Waals surface area contributed by atoms with Crippen LogP contribution in [0, 0.1) is 0 Å². The number of benzene rings is 1. The van der Waals surface area contributed by atoms with Gasteiger partial charge in [-0.1, -0.05) is 32.0 Å². The van der Waals surface area contributed by atoms with E-state index in [9.17, 15) is 9.90 Å². The summed E-state index contributed by atoms with van der Waals surface area (Å²) < 4.78 is 0. The Kier molecular flexibility index (Phi) is 5.99. The SMILES string of the molecule is CCC(CC)(CO)NC(C)C(=O)Nc1ccccc1. The molecule has 19 heavy (non-hydrogen) atoms. The van der Waals surface area contributed by atoms with E-state index in [0.29, 0.717) is 0 Å². The van der Waals surface area contributed by atoms with Crippen molar-refractivity contribution in [1.82, 2.24) is 5.32 Å². The van der Waals surface area contributed by atoms with E-state index < -0.39 is 0 Å². The minimum absolute atomic E-state index is 0.0307. The summed E-state index contributed by atoms with van der Waals surface area (Å²) in [7, 11) is 0. The molecule has 4 nitrogen and oxygen atoms in total. The number of carbonyl (C=O) groups excluding carboxylic acids is 1. The lowest BCUT2D eigenvalue weighted by Crippen LogP contribution is -2.54. The van der Waals surface area contributed by atoms with Crippen LogP contribution >= 0.6 is 0 Å². The van der Waals surface area contributed by atoms with E-state index in [1.807, 2.05) is 51.1 Å². The second-order valence-electron chi connectivity index (χ2n) is 4.87. The summed E-state index contributed by atoms with van der Waals surface area (Å²) in [5, 5.41) is 15.6. The smallest absolute Gasteiger partial charge is 0.241 e. The zero-order valence-electron chi connectivity index (χ0n) is 11.9. The minimum Gasteiger partial charge on any atom is -0.394 e. The summed E-state index contributed by atoms with van der Waals surface area (Å²) >= 11 is 0. The molecular weight excluding hydrogens is 240 g/mol. The van der Waals surface area contributed by atoms with Gasteiger partial charge >= 0.3 is 0 Å². The van der Waals surface area contributed by atoms with Crippen molar-refractivity contribution in [2.45, 2.75) is 45.2 Å². The zero-order valence-corrected chi connectivity index (χ0v) is 11.9. The second-order valence-corrected chi connectivity index (χ2v) is 4.87. The maximum absolute atomic E-state index is 12.1. The van der Waals surface area contributed by atoms with Gasteiger partial charge in [-0.05, 0) is 31.9 Å². The van der Waals surface area contributed by atoms with Crippen LogP contribution in [0.2, 0.25) is 0 Å². The molecule has 0 aliphatic heterocycles. The fourth-order valence-electron chi connectivity index (χ4n) is 2.02. The van der Waals surface area contributed by atoms with Crippen molar-refractivity contribution >= 4 is 11.6 Å². The van der Waals surface area contributed by atoms with Crippen molar-refractivity contribution < 1.29 is 9.90 Å². The Hall–Kier alpha value is -1.39. The van der Waals surface area contributed by atoms with Crippen molar-refractivity contribution in [3.05, 3.63) is 30.3 Å². The fraction of sp³-hybridized carbons (Fsp3) is 0.533. The van der Waals surface area contributed by atoms with Crippen molar-refractivity contribution in [3.8, 4) is 0 Å². The van der Waals surface area contributed by atoms with Crippen LogP contribution in [-0.4, -0.2) is 29.2 Å². The molecule has 4 heteroatoms. The summed E-state index contributed by atoms with van der Waals surface area (Å²) in [5.41, 5.74) is 0.400. The fourth-order valence-corrected chi connectivity index (χ4v) is 2.02. The second kappa shape index (κ2) is 7.26. The zero-order chi connectivity index (χ0) is 14.3. The van der Waals surface area contributed by atoms with Crippen LogP contribution in [-0.2, 0) is 4.79 Å². The van der Waals surface area contributed by atoms with Crippen molar-refractivity contribution in [2.24, 2.45) is 0 Å². The molecule has 3 N–H and O–H groups in total. The number of hydrogen-bond donors (Lipinski definition) is 3. The first kappa shape index (κ1) is 15.7. The maximum Gasteiger partial charge on any atom is 0.241 e. The van der Waals surface area contributed by atoms with E-state index in [-0.39, 0.29) is 24.1 Å². The van der Waals surface area contributed by atoms with Gasteiger partial charge in [0.2, 0.25) is 5.91 Å². The van der Waals surface area contributed by atoms with Crippen LogP contribution < -0.4 is 10.6 Å². The van der Waals surface area contributed by atoms with E-state index >= 15 is 0 Å². The Bertz CT molecular complexity index is 380. The Morgan fingerprint density at radius 1 is 1.26 bits per heavy atom. The number of carbonyl (C=O) groups is 1. The summed E-state index contributed by atoms with van der Waals surface area (Å²) in [6, 6.07) is 9.01. The maximum atomic E-state index is 12.1. The summed E-state index contributed by atoms with van der Waals surface area (Å²) in [4.78, 5) is 12.1. The molecule has 0 saturated carbocycles. The van der Waals surface area contributed by atoms with Crippen LogP contribution in [0.1, 0.15) is 33.6 Å². The average Bonchev–Trinajstić information content (AvgIpc) is 2.45. The molecule has 0 spiro atoms. The van der Waals surface area contributed by atoms with Crippen LogP contribution in [0.15, 0.2) is 30.3 Å². The molecule has 0 fully saturated rings. The lowest BCUT2D eigenvalue weighted by molar-refractivity contribution is -0.118. The summed E-state index contributed by atoms with van der Waals surface area (Å²) in [6.07, 6.45) is 1.56. The number of rotatable bonds is 7. The van der Waals surface area contributed by atoms with E-state index in [1.54, 1.807) is 0 Å². The Morgan fingerprint density at radius 2 is 1.84 bits per heavy atom. The van der Waals surface area contributed by atoms with Gasteiger partial charge in [0.1, 0.15) is 0 Å². The number of aliphatic hydroxyl groups excluding tert-OH is 1. The van der Waals surface area contributed by atoms with Gasteiger partial charge in [0.05, 0.1) is 12.6 Å². The Labute approximate surface area is 115 Å². The lowest BCUT2D eigenvalue weighted by Gasteiger charge is -2.33. The van der Waals surface area contributed by atoms with E-state index in [2.05, 4.69) is 10.6 Å². The molecule has 0 aliphatic carbocycles. The van der Waals surface area contributed by atoms with Gasteiger partial charge in [-0.25, -0.2) is 0 Å². The molecule has 0 aromatic heterocycles. The average molecular weight is 264 g/mol. The van der Waals surface area contributed by atoms with E-state index in [0.717, 1.165) is 18.5 Å². The van der Waals surface area contributed by atoms with Gasteiger partial charge in [-0.2, -0.15) is 0 Å². The number of aliphatic hydroxyl groups is 1. The molecule has 1 rings (SSSR count). The van der Waals surface area contributed by atoms with Crippen LogP contribution in [0.3, 0.4) is 0 Å². The highest BCUT2D eigenvalue weighted by Gasteiger charge is 2.29. The highest BCUT2D eigenvalue weighted by atomic mass is 16.3. The lowest BCUT2D eigenvalue weighted by atomic mass is 9.93. The highest BCUT2D eigenvalue weighted by molar-refractivity contribution is 5.94. The first-order valence-electron chi connectivity index (χ1n) is 6.81. The quantitative estimate of drug-likeness (QED) is 0.707. The third-order valence-electron chi connectivity index (χ3n) is 3.61. The van der Waals surface area contributed by atoms with E-state index in [4.69, 9.17) is 0 Å². The normalized spacial score (nSPS) is 13.1. The van der Waals surface area contributed by atoms with Crippen molar-refractivity contribution in [1.29, 1.82) is 0 Å². The number of nitrogens with one attached hydrogen (secondary N) is 2. The molecule has 1 aromatic rings. The highest BCUT2D eigenvalue weighted by Crippen LogP contribution is 2.15. The summed E-state index contributed by atoms with van der Waals surface area (Å²) in [6.45, 7) is 5.86. The number of para-hydroxylation sites is 1. The van der Waals surface area contributed by atoms with Gasteiger partial charge in [0.25, 0.3) is 0 Å². The number of amides is 1. The molecule has 0 bridgehead atoms. The van der Waals surface area contributed by atoms with E-state index in [1.165, 1.54) is 0 Å². The van der Waals surface area contributed by atoms with Gasteiger partial charge in [-0.15, -0.1) is 0 Å². The topological polar surface area (TPSA) is 61.4 Å². The number of anilines is 1. The van der Waals surface area contributed by atoms with Crippen LogP contribution in [0.5, 0.6) is 0 Å². The molecule has 0 aliphatic rings. The number of hydrogen-bond acceptors (Lipinski definition) is 3. The third-order valence-corrected chi connectivity index (χ3v) is 3.61. The molecule has 1 atom stereocenters. The predicted molar refractivity (Wildman–Crippen MR) is 78.1 cm³/mol. The predicted octanol–water partition coefficient (Wildman–Crippen LogP) is 2.15. The van der Waals surface area contributed by atoms with Crippen molar-refractivity contribution in [2.75, 3.05) is 11.9 Å². The molecule has 0 saturated heterocycles. The Balaban J connectivity index is 2.62. The van der Waals surface area contributed by atoms with Gasteiger partial charge in [-0.3, -0.25) is 10.1 Å². The van der Waals surface area contributed by atoms with Gasteiger partial charge < -0.3 is 10.4 Å². The molecule has 106 valence electrons. The Morgan fingerprint density at radius 3 is 2.32 bits per heavy atom. The summed E-state index contributed by atoms with van der Waals surface area (Å²) in [5.74, 6) is -0.0917. The molecule has 1 aromatic carbocycles. The van der Waals surface area contributed by atoms with Crippen LogP contribution in [0.25, 0.3) is 0 Å². The standard InChI is InChI=1S/C15H24N2O2/c1-4-15(5-2,11-18)17-12(3)14(19)16-13-9-7-6-8-10-13/h6-10,12,17-18H,4-5,11H2,1-3H3,(H,16,19). The van der Waals surface area contributed by atoms with Gasteiger partial charge in [0, 0.05) is 11.2 Å². The molecule has 0 heterocycles. The van der Waals surface area contributed by atoms with Crippen molar-refractivity contribution in [3.63, 3.8) is 0 Å². The molecular formula is C15H24N2O2. The van der Waals surface area contributed by atoms with Crippen LogP contribution in [0.4, 0.5) is 5.69 Å². The molecule has 1 amide bonds. The monoisotopic (exact) mass is 264 g/mol. The molecule has 1 unspecified atom stereocenters. The largest absolute Gasteiger partial charge is 0.394 e. The molecule has 0 radical (unpaired) electrons.